The molecule has 1 N–H and O–H groups in total. The van der Waals surface area contributed by atoms with Crippen LogP contribution in [-0.4, -0.2) is 37.6 Å². The number of rotatable bonds is 8. The van der Waals surface area contributed by atoms with Crippen LogP contribution < -0.4 is 14.8 Å². The van der Waals surface area contributed by atoms with Gasteiger partial charge in [-0.2, -0.15) is 0 Å². The number of amides is 1. The summed E-state index contributed by atoms with van der Waals surface area (Å²) >= 11 is 6.12. The second kappa shape index (κ2) is 9.34. The minimum atomic E-state index is -0.000164. The van der Waals surface area contributed by atoms with Gasteiger partial charge in [0, 0.05) is 24.7 Å². The largest absolute Gasteiger partial charge is 0.495 e. The lowest BCUT2D eigenvalue weighted by Gasteiger charge is -2.27. The van der Waals surface area contributed by atoms with Crippen LogP contribution in [0.3, 0.4) is 0 Å². The van der Waals surface area contributed by atoms with Crippen molar-refractivity contribution < 1.29 is 14.3 Å². The van der Waals surface area contributed by atoms with E-state index >= 15 is 0 Å². The summed E-state index contributed by atoms with van der Waals surface area (Å²) in [5.41, 5.74) is 1.76. The van der Waals surface area contributed by atoms with Gasteiger partial charge in [-0.15, -0.1) is 0 Å². The van der Waals surface area contributed by atoms with Crippen LogP contribution in [0.25, 0.3) is 0 Å². The summed E-state index contributed by atoms with van der Waals surface area (Å²) in [7, 11) is 3.10. The van der Waals surface area contributed by atoms with Crippen molar-refractivity contribution in [1.82, 2.24) is 4.90 Å². The highest BCUT2D eigenvalue weighted by molar-refractivity contribution is 6.32. The number of benzene rings is 2. The minimum Gasteiger partial charge on any atom is -0.495 e. The molecule has 0 aliphatic rings. The molecule has 5 nitrogen and oxygen atoms in total. The number of nitrogens with one attached hydrogen (secondary N) is 1. The van der Waals surface area contributed by atoms with Gasteiger partial charge >= 0.3 is 0 Å². The summed E-state index contributed by atoms with van der Waals surface area (Å²) in [4.78, 5) is 14.6. The van der Waals surface area contributed by atoms with Gasteiger partial charge in [-0.25, -0.2) is 0 Å². The first kappa shape index (κ1) is 19.9. The second-order valence-electron chi connectivity index (χ2n) is 6.14. The minimum absolute atomic E-state index is 0.000164. The maximum absolute atomic E-state index is 12.7. The molecule has 2 aromatic carbocycles. The Morgan fingerprint density at radius 2 is 1.77 bits per heavy atom. The van der Waals surface area contributed by atoms with Gasteiger partial charge in [-0.05, 0) is 19.4 Å². The highest BCUT2D eigenvalue weighted by Crippen LogP contribution is 2.35. The number of carbonyl (C=O) groups is 1. The number of ether oxygens (including phenoxy) is 2. The van der Waals surface area contributed by atoms with E-state index in [4.69, 9.17) is 21.1 Å². The first-order valence-electron chi connectivity index (χ1n) is 8.45. The van der Waals surface area contributed by atoms with E-state index < -0.39 is 0 Å². The lowest BCUT2D eigenvalue weighted by Crippen LogP contribution is -2.39. The molecule has 2 aromatic rings. The van der Waals surface area contributed by atoms with Gasteiger partial charge < -0.3 is 19.7 Å². The summed E-state index contributed by atoms with van der Waals surface area (Å²) in [6, 6.07) is 13.4. The van der Waals surface area contributed by atoms with Crippen LogP contribution >= 0.6 is 11.6 Å². The Balaban J connectivity index is 2.10. The molecule has 0 atom stereocenters. The predicted octanol–water partition coefficient (Wildman–Crippen LogP) is 4.21. The van der Waals surface area contributed by atoms with Gasteiger partial charge in [0.1, 0.15) is 11.5 Å². The zero-order valence-electron chi connectivity index (χ0n) is 15.6. The van der Waals surface area contributed by atoms with E-state index in [0.717, 1.165) is 5.56 Å². The average Bonchev–Trinajstić information content (AvgIpc) is 2.65. The van der Waals surface area contributed by atoms with Gasteiger partial charge in [-0.3, -0.25) is 4.79 Å². The summed E-state index contributed by atoms with van der Waals surface area (Å²) < 4.78 is 10.6. The Labute approximate surface area is 159 Å². The molecule has 0 aromatic heterocycles. The maximum Gasteiger partial charge on any atom is 0.242 e. The molecule has 26 heavy (non-hydrogen) atoms. The summed E-state index contributed by atoms with van der Waals surface area (Å²) in [6.07, 6.45) is 0. The van der Waals surface area contributed by atoms with Crippen molar-refractivity contribution in [1.29, 1.82) is 0 Å². The fourth-order valence-electron chi connectivity index (χ4n) is 2.61. The molecule has 6 heteroatoms. The molecule has 0 aliphatic carbocycles. The zero-order valence-corrected chi connectivity index (χ0v) is 16.3. The van der Waals surface area contributed by atoms with E-state index in [1.807, 2.05) is 49.1 Å². The number of hydrogen-bond acceptors (Lipinski definition) is 4. The van der Waals surface area contributed by atoms with Gasteiger partial charge in [-0.1, -0.05) is 41.9 Å². The van der Waals surface area contributed by atoms with Crippen LogP contribution in [0.4, 0.5) is 5.69 Å². The summed E-state index contributed by atoms with van der Waals surface area (Å²) in [6.45, 7) is 4.73. The summed E-state index contributed by atoms with van der Waals surface area (Å²) in [5, 5.41) is 3.59. The Morgan fingerprint density at radius 3 is 2.35 bits per heavy atom. The third kappa shape index (κ3) is 5.05. The van der Waals surface area contributed by atoms with E-state index in [1.165, 1.54) is 0 Å². The quantitative estimate of drug-likeness (QED) is 0.749. The number of halogens is 1. The molecule has 2 rings (SSSR count). The lowest BCUT2D eigenvalue weighted by molar-refractivity contribution is -0.131. The van der Waals surface area contributed by atoms with Crippen LogP contribution in [0.15, 0.2) is 42.5 Å². The fraction of sp³-hybridized carbons (Fsp3) is 0.350. The number of anilines is 1. The van der Waals surface area contributed by atoms with E-state index in [9.17, 15) is 4.79 Å². The Bertz CT molecular complexity index is 735. The highest BCUT2D eigenvalue weighted by Gasteiger charge is 2.18. The number of carbonyl (C=O) groups excluding carboxylic acids is 1. The third-order valence-corrected chi connectivity index (χ3v) is 4.34. The van der Waals surface area contributed by atoms with Crippen molar-refractivity contribution in [3.63, 3.8) is 0 Å². The smallest absolute Gasteiger partial charge is 0.242 e. The standard InChI is InChI=1S/C20H25ClN2O3/c1-14(2)23(13-15-8-6-5-7-9-15)20(24)12-22-17-11-18(25-3)16(21)10-19(17)26-4/h5-11,14,22H,12-13H2,1-4H3. The molecule has 0 radical (unpaired) electrons. The van der Waals surface area contributed by atoms with Gasteiger partial charge in [0.25, 0.3) is 0 Å². The molecule has 0 fully saturated rings. The summed E-state index contributed by atoms with van der Waals surface area (Å²) in [5.74, 6) is 1.08. The molecule has 0 bridgehead atoms. The van der Waals surface area contributed by atoms with Gasteiger partial charge in [0.2, 0.25) is 5.91 Å². The van der Waals surface area contributed by atoms with E-state index in [0.29, 0.717) is 28.8 Å². The van der Waals surface area contributed by atoms with Crippen molar-refractivity contribution in [3.05, 3.63) is 53.1 Å². The molecule has 0 spiro atoms. The molecule has 0 unspecified atom stereocenters. The van der Waals surface area contributed by atoms with Crippen molar-refractivity contribution in [3.8, 4) is 11.5 Å². The van der Waals surface area contributed by atoms with E-state index in [2.05, 4.69) is 5.32 Å². The Kier molecular flexibility index (Phi) is 7.16. The molecule has 0 heterocycles. The zero-order chi connectivity index (χ0) is 19.1. The number of nitrogens with zero attached hydrogens (tertiary/aromatic N) is 1. The topological polar surface area (TPSA) is 50.8 Å². The van der Waals surface area contributed by atoms with Crippen molar-refractivity contribution >= 4 is 23.2 Å². The monoisotopic (exact) mass is 376 g/mol. The highest BCUT2D eigenvalue weighted by atomic mass is 35.5. The second-order valence-corrected chi connectivity index (χ2v) is 6.55. The van der Waals surface area contributed by atoms with Crippen LogP contribution in [0.2, 0.25) is 5.02 Å². The predicted molar refractivity (Wildman–Crippen MR) is 105 cm³/mol. The van der Waals surface area contributed by atoms with Gasteiger partial charge in [0.05, 0.1) is 31.5 Å². The average molecular weight is 377 g/mol. The Morgan fingerprint density at radius 1 is 1.12 bits per heavy atom. The molecular weight excluding hydrogens is 352 g/mol. The normalized spacial score (nSPS) is 10.5. The van der Waals surface area contributed by atoms with Crippen LogP contribution in [0.5, 0.6) is 11.5 Å². The molecule has 0 saturated heterocycles. The third-order valence-electron chi connectivity index (χ3n) is 4.04. The fourth-order valence-corrected chi connectivity index (χ4v) is 2.84. The molecule has 0 saturated carbocycles. The van der Waals surface area contributed by atoms with Crippen LogP contribution in [-0.2, 0) is 11.3 Å². The van der Waals surface area contributed by atoms with Gasteiger partial charge in [0.15, 0.2) is 0 Å². The van der Waals surface area contributed by atoms with E-state index in [1.54, 1.807) is 26.4 Å². The van der Waals surface area contributed by atoms with Crippen molar-refractivity contribution in [2.75, 3.05) is 26.1 Å². The SMILES string of the molecule is COc1cc(NCC(=O)N(Cc2ccccc2)C(C)C)c(OC)cc1Cl. The lowest BCUT2D eigenvalue weighted by atomic mass is 10.2. The number of hydrogen-bond donors (Lipinski definition) is 1. The molecular formula is C20H25ClN2O3. The first-order chi connectivity index (χ1) is 12.5. The van der Waals surface area contributed by atoms with Crippen molar-refractivity contribution in [2.45, 2.75) is 26.4 Å². The molecule has 0 aliphatic heterocycles. The Hall–Kier alpha value is -2.40. The van der Waals surface area contributed by atoms with Crippen LogP contribution in [0, 0.1) is 0 Å². The number of methoxy groups -OCH3 is 2. The van der Waals surface area contributed by atoms with E-state index in [-0.39, 0.29) is 18.5 Å². The molecule has 1 amide bonds. The maximum atomic E-state index is 12.7. The van der Waals surface area contributed by atoms with Crippen LogP contribution in [0.1, 0.15) is 19.4 Å². The molecule has 140 valence electrons. The van der Waals surface area contributed by atoms with Crippen molar-refractivity contribution in [2.24, 2.45) is 0 Å². The first-order valence-corrected chi connectivity index (χ1v) is 8.82.